The van der Waals surface area contributed by atoms with E-state index < -0.39 is 5.97 Å². The average Bonchev–Trinajstić information content (AvgIpc) is 2.01. The van der Waals surface area contributed by atoms with Gasteiger partial charge in [-0.3, -0.25) is 4.79 Å². The van der Waals surface area contributed by atoms with Gasteiger partial charge in [0.1, 0.15) is 0 Å². The summed E-state index contributed by atoms with van der Waals surface area (Å²) in [5.74, 6) is -0.443. The highest BCUT2D eigenvalue weighted by molar-refractivity contribution is 5.82. The van der Waals surface area contributed by atoms with Crippen LogP contribution in [0.15, 0.2) is 12.3 Å². The molecule has 0 saturated heterocycles. The van der Waals surface area contributed by atoms with E-state index in [1.807, 2.05) is 6.92 Å². The van der Waals surface area contributed by atoms with Crippen LogP contribution in [0.5, 0.6) is 0 Å². The van der Waals surface area contributed by atoms with E-state index in [4.69, 9.17) is 0 Å². The van der Waals surface area contributed by atoms with E-state index in [1.165, 1.54) is 6.20 Å². The molecule has 0 spiro atoms. The smallest absolute Gasteiger partial charge is 0.332 e. The van der Waals surface area contributed by atoms with Crippen LogP contribution in [0.4, 0.5) is 0 Å². The second kappa shape index (κ2) is 6.80. The van der Waals surface area contributed by atoms with E-state index in [1.54, 1.807) is 0 Å². The number of rotatable bonds is 5. The van der Waals surface area contributed by atoms with Crippen molar-refractivity contribution in [1.82, 2.24) is 5.32 Å². The van der Waals surface area contributed by atoms with E-state index in [0.717, 1.165) is 12.5 Å². The molecule has 0 saturated carbocycles. The Morgan fingerprint density at radius 2 is 2.36 bits per heavy atom. The lowest BCUT2D eigenvalue weighted by Gasteiger charge is -1.96. The first-order chi connectivity index (χ1) is 5.31. The molecule has 0 atom stereocenters. The van der Waals surface area contributed by atoms with Gasteiger partial charge >= 0.3 is 5.97 Å². The van der Waals surface area contributed by atoms with E-state index in [2.05, 4.69) is 10.1 Å². The summed E-state index contributed by atoms with van der Waals surface area (Å²) in [6, 6.07) is 0. The molecular formula is C7H11NO3. The molecule has 0 aliphatic rings. The van der Waals surface area contributed by atoms with E-state index in [0.29, 0.717) is 13.0 Å². The zero-order valence-electron chi connectivity index (χ0n) is 6.37. The van der Waals surface area contributed by atoms with Gasteiger partial charge in [-0.25, -0.2) is 4.79 Å². The molecule has 1 amide bonds. The van der Waals surface area contributed by atoms with Gasteiger partial charge in [0.25, 0.3) is 0 Å². The van der Waals surface area contributed by atoms with Crippen LogP contribution in [0.3, 0.4) is 0 Å². The summed E-state index contributed by atoms with van der Waals surface area (Å²) in [4.78, 5) is 20.3. The highest BCUT2D eigenvalue weighted by Gasteiger charge is 1.92. The maximum absolute atomic E-state index is 10.6. The molecule has 0 radical (unpaired) electrons. The Morgan fingerprint density at radius 1 is 1.64 bits per heavy atom. The van der Waals surface area contributed by atoms with Gasteiger partial charge in [0, 0.05) is 12.3 Å². The highest BCUT2D eigenvalue weighted by atomic mass is 16.5. The SMILES string of the molecule is CCCOC(=O)C=CNC=O. The molecule has 4 heteroatoms. The average molecular weight is 157 g/mol. The predicted octanol–water partition coefficient (Wildman–Crippen LogP) is 0.199. The minimum Gasteiger partial charge on any atom is -0.463 e. The summed E-state index contributed by atoms with van der Waals surface area (Å²) in [7, 11) is 0. The summed E-state index contributed by atoms with van der Waals surface area (Å²) < 4.78 is 4.66. The number of amides is 1. The van der Waals surface area contributed by atoms with E-state index >= 15 is 0 Å². The molecule has 0 aromatic carbocycles. The fourth-order valence-corrected chi connectivity index (χ4v) is 0.406. The largest absolute Gasteiger partial charge is 0.463 e. The molecule has 11 heavy (non-hydrogen) atoms. The number of esters is 1. The number of ether oxygens (including phenoxy) is 1. The molecule has 0 aromatic rings. The molecule has 62 valence electrons. The minimum absolute atomic E-state index is 0.407. The van der Waals surface area contributed by atoms with Crippen LogP contribution < -0.4 is 5.32 Å². The van der Waals surface area contributed by atoms with E-state index in [-0.39, 0.29) is 0 Å². The quantitative estimate of drug-likeness (QED) is 0.352. The van der Waals surface area contributed by atoms with Gasteiger partial charge in [-0.15, -0.1) is 0 Å². The first-order valence-electron chi connectivity index (χ1n) is 3.34. The maximum Gasteiger partial charge on any atom is 0.332 e. The normalized spacial score (nSPS) is 9.55. The lowest BCUT2D eigenvalue weighted by Crippen LogP contribution is -2.05. The van der Waals surface area contributed by atoms with Crippen LogP contribution >= 0.6 is 0 Å². The third-order valence-corrected chi connectivity index (χ3v) is 0.832. The number of carbonyl (C=O) groups is 2. The number of hydrogen-bond donors (Lipinski definition) is 1. The van der Waals surface area contributed by atoms with Gasteiger partial charge in [-0.1, -0.05) is 6.92 Å². The Labute approximate surface area is 65.2 Å². The molecule has 4 nitrogen and oxygen atoms in total. The second-order valence-corrected chi connectivity index (χ2v) is 1.79. The van der Waals surface area contributed by atoms with Crippen molar-refractivity contribution >= 4 is 12.4 Å². The topological polar surface area (TPSA) is 55.4 Å². The molecule has 0 aliphatic carbocycles. The number of nitrogens with one attached hydrogen (secondary N) is 1. The van der Waals surface area contributed by atoms with Crippen LogP contribution in [-0.4, -0.2) is 19.0 Å². The second-order valence-electron chi connectivity index (χ2n) is 1.79. The number of hydrogen-bond acceptors (Lipinski definition) is 3. The Hall–Kier alpha value is -1.32. The molecule has 0 unspecified atom stereocenters. The van der Waals surface area contributed by atoms with Crippen LogP contribution in [-0.2, 0) is 14.3 Å². The summed E-state index contributed by atoms with van der Waals surface area (Å²) in [5.41, 5.74) is 0. The van der Waals surface area contributed by atoms with Crippen molar-refractivity contribution in [2.45, 2.75) is 13.3 Å². The van der Waals surface area contributed by atoms with Gasteiger partial charge in [0.05, 0.1) is 6.61 Å². The van der Waals surface area contributed by atoms with Crippen molar-refractivity contribution in [2.75, 3.05) is 6.61 Å². The zero-order chi connectivity index (χ0) is 8.53. The Morgan fingerprint density at radius 3 is 2.91 bits per heavy atom. The molecule has 0 aliphatic heterocycles. The van der Waals surface area contributed by atoms with Gasteiger partial charge in [0.2, 0.25) is 6.41 Å². The summed E-state index contributed by atoms with van der Waals surface area (Å²) in [6.45, 7) is 2.31. The Balaban J connectivity index is 3.42. The van der Waals surface area contributed by atoms with Crippen molar-refractivity contribution in [3.8, 4) is 0 Å². The van der Waals surface area contributed by atoms with Crippen LogP contribution in [0.2, 0.25) is 0 Å². The van der Waals surface area contributed by atoms with Crippen LogP contribution in [0.1, 0.15) is 13.3 Å². The Kier molecular flexibility index (Phi) is 5.98. The molecule has 0 rings (SSSR count). The Bertz CT molecular complexity index is 154. The van der Waals surface area contributed by atoms with Crippen molar-refractivity contribution in [1.29, 1.82) is 0 Å². The van der Waals surface area contributed by atoms with Gasteiger partial charge in [0.15, 0.2) is 0 Å². The monoisotopic (exact) mass is 157 g/mol. The molecule has 0 aromatic heterocycles. The highest BCUT2D eigenvalue weighted by Crippen LogP contribution is 1.82. The van der Waals surface area contributed by atoms with Gasteiger partial charge < -0.3 is 10.1 Å². The van der Waals surface area contributed by atoms with Crippen molar-refractivity contribution < 1.29 is 14.3 Å². The lowest BCUT2D eigenvalue weighted by molar-refractivity contribution is -0.137. The third-order valence-electron chi connectivity index (χ3n) is 0.832. The molecule has 1 N–H and O–H groups in total. The third kappa shape index (κ3) is 6.57. The first-order valence-corrected chi connectivity index (χ1v) is 3.34. The summed E-state index contributed by atoms with van der Waals surface area (Å²) in [6.07, 6.45) is 3.65. The van der Waals surface area contributed by atoms with Crippen molar-refractivity contribution in [3.63, 3.8) is 0 Å². The summed E-state index contributed by atoms with van der Waals surface area (Å²) >= 11 is 0. The first kappa shape index (κ1) is 9.68. The molecule has 0 heterocycles. The minimum atomic E-state index is -0.443. The van der Waals surface area contributed by atoms with Gasteiger partial charge in [-0.05, 0) is 6.42 Å². The predicted molar refractivity (Wildman–Crippen MR) is 39.6 cm³/mol. The lowest BCUT2D eigenvalue weighted by atomic mass is 10.5. The summed E-state index contributed by atoms with van der Waals surface area (Å²) in [5, 5.41) is 2.19. The molecular weight excluding hydrogens is 146 g/mol. The van der Waals surface area contributed by atoms with Crippen LogP contribution in [0, 0.1) is 0 Å². The van der Waals surface area contributed by atoms with Gasteiger partial charge in [-0.2, -0.15) is 0 Å². The standard InChI is InChI=1S/C7H11NO3/c1-2-5-11-7(10)3-4-8-6-9/h3-4,6H,2,5H2,1H3,(H,8,9). The zero-order valence-corrected chi connectivity index (χ0v) is 6.37. The van der Waals surface area contributed by atoms with Crippen LogP contribution in [0.25, 0.3) is 0 Å². The van der Waals surface area contributed by atoms with E-state index in [9.17, 15) is 9.59 Å². The number of carbonyl (C=O) groups excluding carboxylic acids is 2. The molecule has 0 bridgehead atoms. The van der Waals surface area contributed by atoms with Crippen molar-refractivity contribution in [2.24, 2.45) is 0 Å². The van der Waals surface area contributed by atoms with Crippen molar-refractivity contribution in [3.05, 3.63) is 12.3 Å². The molecule has 0 fully saturated rings. The fourth-order valence-electron chi connectivity index (χ4n) is 0.406. The maximum atomic E-state index is 10.6. The fraction of sp³-hybridized carbons (Fsp3) is 0.429.